The lowest BCUT2D eigenvalue weighted by atomic mass is 10.1. The number of anilines is 1. The molecule has 0 bridgehead atoms. The molecule has 2 aromatic rings. The van der Waals surface area contributed by atoms with Crippen molar-refractivity contribution >= 4 is 11.9 Å². The molecular weight excluding hydrogens is 288 g/mol. The summed E-state index contributed by atoms with van der Waals surface area (Å²) < 4.78 is 9.86. The average molecular weight is 304 g/mol. The van der Waals surface area contributed by atoms with Crippen LogP contribution < -0.4 is 14.8 Å². The Hall–Kier alpha value is -2.90. The topological polar surface area (TPSA) is 106 Å². The van der Waals surface area contributed by atoms with Crippen molar-refractivity contribution in [3.8, 4) is 12.0 Å². The minimum atomic E-state index is -1.01. The average Bonchev–Trinajstić information content (AvgIpc) is 2.54. The number of nitrogens with one attached hydrogen (secondary N) is 1. The zero-order valence-corrected chi connectivity index (χ0v) is 12.2. The number of hydrogen-bond donors (Lipinski definition) is 2. The van der Waals surface area contributed by atoms with Crippen LogP contribution in [0.5, 0.6) is 12.0 Å². The van der Waals surface area contributed by atoms with Gasteiger partial charge in [-0.3, -0.25) is 0 Å². The third-order valence-electron chi connectivity index (χ3n) is 2.84. The quantitative estimate of drug-likeness (QED) is 0.780. The van der Waals surface area contributed by atoms with E-state index >= 15 is 0 Å². The van der Waals surface area contributed by atoms with Gasteiger partial charge >= 0.3 is 18.0 Å². The first-order chi connectivity index (χ1) is 10.6. The fraction of sp³-hybridized carbons (Fsp3) is 0.286. The van der Waals surface area contributed by atoms with Crippen molar-refractivity contribution in [2.75, 3.05) is 19.5 Å². The number of benzene rings is 1. The summed E-state index contributed by atoms with van der Waals surface area (Å²) >= 11 is 0. The summed E-state index contributed by atoms with van der Waals surface area (Å²) in [6.07, 6.45) is 0.284. The predicted molar refractivity (Wildman–Crippen MR) is 78.1 cm³/mol. The molecule has 0 saturated heterocycles. The van der Waals surface area contributed by atoms with Gasteiger partial charge in [0.1, 0.15) is 6.04 Å². The third kappa shape index (κ3) is 4.05. The van der Waals surface area contributed by atoms with Crippen molar-refractivity contribution in [3.63, 3.8) is 0 Å². The standard InChI is InChI=1S/C14H16N4O4/c1-21-13-16-12(17-14(18-13)22-2)15-10(11(19)20)8-9-6-4-3-5-7-9/h3-7,10H,8H2,1-2H3,(H,19,20)(H,15,16,17,18). The molecular formula is C14H16N4O4. The van der Waals surface area contributed by atoms with Gasteiger partial charge in [0.25, 0.3) is 0 Å². The number of ether oxygens (including phenoxy) is 2. The molecule has 116 valence electrons. The van der Waals surface area contributed by atoms with Gasteiger partial charge in [-0.2, -0.15) is 9.97 Å². The zero-order chi connectivity index (χ0) is 15.9. The molecule has 0 fully saturated rings. The van der Waals surface area contributed by atoms with E-state index in [9.17, 15) is 9.90 Å². The highest BCUT2D eigenvalue weighted by Gasteiger charge is 2.20. The van der Waals surface area contributed by atoms with Crippen molar-refractivity contribution in [1.29, 1.82) is 0 Å². The molecule has 1 heterocycles. The van der Waals surface area contributed by atoms with Crippen LogP contribution in [-0.2, 0) is 11.2 Å². The lowest BCUT2D eigenvalue weighted by Gasteiger charge is -2.15. The molecule has 22 heavy (non-hydrogen) atoms. The molecule has 8 heteroatoms. The normalized spacial score (nSPS) is 11.5. The summed E-state index contributed by atoms with van der Waals surface area (Å²) in [5, 5.41) is 12.1. The Balaban J connectivity index is 2.19. The minimum Gasteiger partial charge on any atom is -0.480 e. The third-order valence-corrected chi connectivity index (χ3v) is 2.84. The van der Waals surface area contributed by atoms with Gasteiger partial charge in [-0.25, -0.2) is 4.79 Å². The zero-order valence-electron chi connectivity index (χ0n) is 12.2. The fourth-order valence-electron chi connectivity index (χ4n) is 1.79. The van der Waals surface area contributed by atoms with Gasteiger partial charge in [0, 0.05) is 6.42 Å². The van der Waals surface area contributed by atoms with E-state index in [1.165, 1.54) is 14.2 Å². The van der Waals surface area contributed by atoms with Gasteiger partial charge in [0.15, 0.2) is 0 Å². The molecule has 0 radical (unpaired) electrons. The number of aliphatic carboxylic acids is 1. The Morgan fingerprint density at radius 1 is 1.14 bits per heavy atom. The largest absolute Gasteiger partial charge is 0.480 e. The van der Waals surface area contributed by atoms with E-state index < -0.39 is 12.0 Å². The molecule has 0 saturated carbocycles. The summed E-state index contributed by atoms with van der Waals surface area (Å²) in [5.74, 6) is -0.936. The minimum absolute atomic E-state index is 0.0400. The van der Waals surface area contributed by atoms with E-state index in [1.54, 1.807) is 0 Å². The molecule has 1 aromatic carbocycles. The van der Waals surface area contributed by atoms with Crippen LogP contribution in [0.15, 0.2) is 30.3 Å². The van der Waals surface area contributed by atoms with Crippen LogP contribution in [0, 0.1) is 0 Å². The second-order valence-electron chi connectivity index (χ2n) is 4.36. The highest BCUT2D eigenvalue weighted by Crippen LogP contribution is 2.14. The Morgan fingerprint density at radius 2 is 1.73 bits per heavy atom. The first-order valence-corrected chi connectivity index (χ1v) is 6.49. The van der Waals surface area contributed by atoms with Gasteiger partial charge in [0.05, 0.1) is 14.2 Å². The van der Waals surface area contributed by atoms with Crippen LogP contribution in [0.25, 0.3) is 0 Å². The van der Waals surface area contributed by atoms with Crippen LogP contribution in [0.2, 0.25) is 0 Å². The number of aromatic nitrogens is 3. The Labute approximate surface area is 127 Å². The Morgan fingerprint density at radius 3 is 2.23 bits per heavy atom. The Bertz CT molecular complexity index is 614. The Kier molecular flexibility index (Phi) is 5.07. The van der Waals surface area contributed by atoms with Crippen LogP contribution in [0.1, 0.15) is 5.56 Å². The highest BCUT2D eigenvalue weighted by atomic mass is 16.5. The highest BCUT2D eigenvalue weighted by molar-refractivity contribution is 5.77. The summed E-state index contributed by atoms with van der Waals surface area (Å²) in [6.45, 7) is 0. The van der Waals surface area contributed by atoms with Crippen molar-refractivity contribution in [2.24, 2.45) is 0 Å². The molecule has 2 rings (SSSR count). The van der Waals surface area contributed by atoms with E-state index in [-0.39, 0.29) is 24.4 Å². The van der Waals surface area contributed by atoms with Crippen molar-refractivity contribution < 1.29 is 19.4 Å². The first kappa shape index (κ1) is 15.5. The number of rotatable bonds is 7. The van der Waals surface area contributed by atoms with Crippen LogP contribution in [0.3, 0.4) is 0 Å². The number of methoxy groups -OCH3 is 2. The first-order valence-electron chi connectivity index (χ1n) is 6.49. The van der Waals surface area contributed by atoms with E-state index in [0.29, 0.717) is 0 Å². The second kappa shape index (κ2) is 7.21. The van der Waals surface area contributed by atoms with Gasteiger partial charge in [0.2, 0.25) is 5.95 Å². The van der Waals surface area contributed by atoms with Crippen molar-refractivity contribution in [1.82, 2.24) is 15.0 Å². The summed E-state index contributed by atoms with van der Waals surface area (Å²) in [6, 6.07) is 8.47. The number of carboxylic acid groups (broad SMARTS) is 1. The van der Waals surface area contributed by atoms with Gasteiger partial charge < -0.3 is 19.9 Å². The van der Waals surface area contributed by atoms with Gasteiger partial charge in [-0.15, -0.1) is 4.98 Å². The summed E-state index contributed by atoms with van der Waals surface area (Å²) in [5.41, 5.74) is 0.885. The van der Waals surface area contributed by atoms with E-state index in [1.807, 2.05) is 30.3 Å². The monoisotopic (exact) mass is 304 g/mol. The second-order valence-corrected chi connectivity index (χ2v) is 4.36. The van der Waals surface area contributed by atoms with Crippen LogP contribution >= 0.6 is 0 Å². The molecule has 8 nitrogen and oxygen atoms in total. The maximum atomic E-state index is 11.4. The lowest BCUT2D eigenvalue weighted by Crippen LogP contribution is -2.32. The van der Waals surface area contributed by atoms with Crippen LogP contribution in [0.4, 0.5) is 5.95 Å². The molecule has 0 spiro atoms. The summed E-state index contributed by atoms with van der Waals surface area (Å²) in [7, 11) is 2.80. The maximum Gasteiger partial charge on any atom is 0.326 e. The molecule has 0 aliphatic heterocycles. The van der Waals surface area contributed by atoms with Gasteiger partial charge in [-0.1, -0.05) is 30.3 Å². The lowest BCUT2D eigenvalue weighted by molar-refractivity contribution is -0.137. The number of carboxylic acids is 1. The maximum absolute atomic E-state index is 11.4. The number of nitrogens with zero attached hydrogens (tertiary/aromatic N) is 3. The molecule has 2 N–H and O–H groups in total. The van der Waals surface area contributed by atoms with Crippen LogP contribution in [-0.4, -0.2) is 46.3 Å². The molecule has 0 amide bonds. The summed E-state index contributed by atoms with van der Waals surface area (Å²) in [4.78, 5) is 23.2. The SMILES string of the molecule is COc1nc(NC(Cc2ccccc2)C(=O)O)nc(OC)n1. The van der Waals surface area contributed by atoms with E-state index in [0.717, 1.165) is 5.56 Å². The molecule has 0 aliphatic carbocycles. The molecule has 1 unspecified atom stereocenters. The fourth-order valence-corrected chi connectivity index (χ4v) is 1.79. The van der Waals surface area contributed by atoms with E-state index in [2.05, 4.69) is 20.3 Å². The molecule has 1 atom stereocenters. The van der Waals surface area contributed by atoms with E-state index in [4.69, 9.17) is 9.47 Å². The molecule has 1 aromatic heterocycles. The molecule has 0 aliphatic rings. The van der Waals surface area contributed by atoms with Crippen molar-refractivity contribution in [2.45, 2.75) is 12.5 Å². The predicted octanol–water partition coefficient (Wildman–Crippen LogP) is 0.997. The van der Waals surface area contributed by atoms with Gasteiger partial charge in [-0.05, 0) is 5.56 Å². The number of hydrogen-bond acceptors (Lipinski definition) is 7. The van der Waals surface area contributed by atoms with Crippen molar-refractivity contribution in [3.05, 3.63) is 35.9 Å². The number of carbonyl (C=O) groups is 1. The smallest absolute Gasteiger partial charge is 0.326 e.